The molecule has 0 aliphatic rings. The Hall–Kier alpha value is -1.16. The molecular formula is C8H5BrN3. The Bertz CT molecular complexity index is 387. The van der Waals surface area contributed by atoms with Gasteiger partial charge in [-0.2, -0.15) is 0 Å². The van der Waals surface area contributed by atoms with Crippen molar-refractivity contribution in [2.45, 2.75) is 0 Å². The summed E-state index contributed by atoms with van der Waals surface area (Å²) in [4.78, 5) is 8.03. The van der Waals surface area contributed by atoms with E-state index >= 15 is 0 Å². The quantitative estimate of drug-likeness (QED) is 0.740. The average molecular weight is 223 g/mol. The molecule has 0 spiro atoms. The third-order valence-electron chi connectivity index (χ3n) is 1.58. The summed E-state index contributed by atoms with van der Waals surface area (Å²) in [5.74, 6) is 0.495. The van der Waals surface area contributed by atoms with Crippen LogP contribution in [-0.2, 0) is 0 Å². The standard InChI is InChI=1S/C8H5BrN3/c9-6-4-12-8(10)5-2-1-3-11-7(5)6/h1-2,4H,(H2,10,12). The Labute approximate surface area is 77.8 Å². The van der Waals surface area contributed by atoms with E-state index in [1.807, 2.05) is 6.07 Å². The number of nitrogens with two attached hydrogens (primary N) is 1. The van der Waals surface area contributed by atoms with Gasteiger partial charge in [0, 0.05) is 11.6 Å². The minimum atomic E-state index is 0.495. The Kier molecular flexibility index (Phi) is 1.69. The van der Waals surface area contributed by atoms with Crippen molar-refractivity contribution in [3.05, 3.63) is 29.0 Å². The number of hydrogen-bond donors (Lipinski definition) is 1. The van der Waals surface area contributed by atoms with Crippen LogP contribution < -0.4 is 5.73 Å². The molecule has 2 heterocycles. The average Bonchev–Trinajstić information content (AvgIpc) is 2.12. The van der Waals surface area contributed by atoms with Crippen LogP contribution in [0.4, 0.5) is 5.82 Å². The van der Waals surface area contributed by atoms with Gasteiger partial charge < -0.3 is 5.73 Å². The van der Waals surface area contributed by atoms with Gasteiger partial charge in [-0.25, -0.2) is 9.97 Å². The fourth-order valence-electron chi connectivity index (χ4n) is 1.01. The molecule has 0 aromatic carbocycles. The summed E-state index contributed by atoms with van der Waals surface area (Å²) in [6.07, 6.45) is 4.38. The van der Waals surface area contributed by atoms with Crippen molar-refractivity contribution in [1.29, 1.82) is 0 Å². The van der Waals surface area contributed by atoms with Crippen molar-refractivity contribution >= 4 is 32.7 Å². The smallest absolute Gasteiger partial charge is 0.132 e. The molecule has 59 valence electrons. The predicted molar refractivity (Wildman–Crippen MR) is 50.5 cm³/mol. The lowest BCUT2D eigenvalue weighted by Crippen LogP contribution is -1.92. The number of fused-ring (bicyclic) bond motifs is 1. The monoisotopic (exact) mass is 222 g/mol. The van der Waals surface area contributed by atoms with E-state index in [1.165, 1.54) is 0 Å². The Morgan fingerprint density at radius 2 is 2.33 bits per heavy atom. The molecule has 0 fully saturated rings. The zero-order valence-corrected chi connectivity index (χ0v) is 7.67. The number of pyridine rings is 2. The molecule has 0 aliphatic carbocycles. The molecule has 0 aliphatic heterocycles. The number of hydrogen-bond acceptors (Lipinski definition) is 3. The van der Waals surface area contributed by atoms with Crippen LogP contribution in [0.15, 0.2) is 22.8 Å². The summed E-state index contributed by atoms with van der Waals surface area (Å²) >= 11 is 3.33. The summed E-state index contributed by atoms with van der Waals surface area (Å²) in [6.45, 7) is 0. The third-order valence-corrected chi connectivity index (χ3v) is 2.16. The van der Waals surface area contributed by atoms with Gasteiger partial charge in [-0.05, 0) is 28.1 Å². The summed E-state index contributed by atoms with van der Waals surface area (Å²) in [5.41, 5.74) is 6.44. The minimum Gasteiger partial charge on any atom is -0.383 e. The van der Waals surface area contributed by atoms with Gasteiger partial charge >= 0.3 is 0 Å². The molecule has 4 heteroatoms. The van der Waals surface area contributed by atoms with E-state index in [4.69, 9.17) is 5.73 Å². The van der Waals surface area contributed by atoms with Crippen LogP contribution in [-0.4, -0.2) is 9.97 Å². The van der Waals surface area contributed by atoms with Crippen molar-refractivity contribution in [2.24, 2.45) is 0 Å². The minimum absolute atomic E-state index is 0.495. The van der Waals surface area contributed by atoms with E-state index in [9.17, 15) is 0 Å². The van der Waals surface area contributed by atoms with E-state index in [0.29, 0.717) is 5.82 Å². The molecule has 0 bridgehead atoms. The second-order valence-corrected chi connectivity index (χ2v) is 3.18. The normalized spacial score (nSPS) is 10.4. The molecule has 2 aromatic heterocycles. The van der Waals surface area contributed by atoms with E-state index < -0.39 is 0 Å². The highest BCUT2D eigenvalue weighted by Gasteiger charge is 2.02. The van der Waals surface area contributed by atoms with Crippen LogP contribution in [0.3, 0.4) is 0 Å². The van der Waals surface area contributed by atoms with Gasteiger partial charge in [0.15, 0.2) is 0 Å². The molecule has 0 atom stereocenters. The topological polar surface area (TPSA) is 51.8 Å². The number of halogens is 1. The maximum atomic E-state index is 5.64. The number of rotatable bonds is 0. The Morgan fingerprint density at radius 1 is 1.50 bits per heavy atom. The van der Waals surface area contributed by atoms with Gasteiger partial charge in [0.05, 0.1) is 16.2 Å². The predicted octanol–water partition coefficient (Wildman–Crippen LogP) is 1.77. The van der Waals surface area contributed by atoms with Gasteiger partial charge in [-0.1, -0.05) is 0 Å². The van der Waals surface area contributed by atoms with Crippen LogP contribution in [0.25, 0.3) is 10.9 Å². The lowest BCUT2D eigenvalue weighted by molar-refractivity contribution is 1.31. The van der Waals surface area contributed by atoms with Gasteiger partial charge in [-0.15, -0.1) is 0 Å². The maximum Gasteiger partial charge on any atom is 0.132 e. The second kappa shape index (κ2) is 2.71. The van der Waals surface area contributed by atoms with Crippen molar-refractivity contribution in [2.75, 3.05) is 5.73 Å². The first-order valence-electron chi connectivity index (χ1n) is 3.36. The van der Waals surface area contributed by atoms with Crippen LogP contribution in [0.5, 0.6) is 0 Å². The van der Waals surface area contributed by atoms with Crippen LogP contribution in [0.2, 0.25) is 0 Å². The second-order valence-electron chi connectivity index (χ2n) is 2.33. The highest BCUT2D eigenvalue weighted by atomic mass is 79.9. The third kappa shape index (κ3) is 1.04. The molecule has 12 heavy (non-hydrogen) atoms. The lowest BCUT2D eigenvalue weighted by Gasteiger charge is -2.00. The first-order chi connectivity index (χ1) is 5.79. The maximum absolute atomic E-state index is 5.64. The summed E-state index contributed by atoms with van der Waals surface area (Å²) in [7, 11) is 0. The van der Waals surface area contributed by atoms with Gasteiger partial charge in [0.2, 0.25) is 0 Å². The highest BCUT2D eigenvalue weighted by molar-refractivity contribution is 9.10. The van der Waals surface area contributed by atoms with Gasteiger partial charge in [0.25, 0.3) is 0 Å². The number of aromatic nitrogens is 2. The Morgan fingerprint density at radius 3 is 3.08 bits per heavy atom. The Balaban J connectivity index is 2.95. The largest absolute Gasteiger partial charge is 0.383 e. The van der Waals surface area contributed by atoms with Crippen molar-refractivity contribution in [1.82, 2.24) is 9.97 Å². The molecule has 2 N–H and O–H groups in total. The fourth-order valence-corrected chi connectivity index (χ4v) is 1.41. The molecule has 2 aromatic rings. The zero-order chi connectivity index (χ0) is 8.55. The van der Waals surface area contributed by atoms with Gasteiger partial charge in [0.1, 0.15) is 5.82 Å². The zero-order valence-electron chi connectivity index (χ0n) is 6.08. The molecule has 3 nitrogen and oxygen atoms in total. The number of anilines is 1. The molecule has 0 amide bonds. The van der Waals surface area contributed by atoms with E-state index in [2.05, 4.69) is 32.1 Å². The highest BCUT2D eigenvalue weighted by Crippen LogP contribution is 2.23. The van der Waals surface area contributed by atoms with Crippen LogP contribution in [0.1, 0.15) is 0 Å². The summed E-state index contributed by atoms with van der Waals surface area (Å²) in [6, 6.07) is 3.56. The SMILES string of the molecule is Nc1ncc(Br)c2n[c]ccc12. The fraction of sp³-hybridized carbons (Fsp3) is 0. The van der Waals surface area contributed by atoms with E-state index in [-0.39, 0.29) is 0 Å². The van der Waals surface area contributed by atoms with E-state index in [1.54, 1.807) is 12.3 Å². The number of nitrogen functional groups attached to an aromatic ring is 1. The molecule has 2 rings (SSSR count). The molecule has 0 saturated heterocycles. The molecule has 0 unspecified atom stereocenters. The molecule has 0 saturated carbocycles. The first-order valence-corrected chi connectivity index (χ1v) is 4.15. The number of nitrogens with zero attached hydrogens (tertiary/aromatic N) is 2. The van der Waals surface area contributed by atoms with Crippen LogP contribution in [0, 0.1) is 6.20 Å². The van der Waals surface area contributed by atoms with Crippen molar-refractivity contribution < 1.29 is 0 Å². The molecule has 1 radical (unpaired) electrons. The summed E-state index contributed by atoms with van der Waals surface area (Å²) in [5, 5.41) is 0.850. The summed E-state index contributed by atoms with van der Waals surface area (Å²) < 4.78 is 0.837. The first kappa shape index (κ1) is 7.49. The van der Waals surface area contributed by atoms with E-state index in [0.717, 1.165) is 15.4 Å². The van der Waals surface area contributed by atoms with Crippen LogP contribution >= 0.6 is 15.9 Å². The molecular weight excluding hydrogens is 218 g/mol. The lowest BCUT2D eigenvalue weighted by atomic mass is 10.2. The van der Waals surface area contributed by atoms with Gasteiger partial charge in [-0.3, -0.25) is 0 Å². The van der Waals surface area contributed by atoms with Crippen molar-refractivity contribution in [3.8, 4) is 0 Å². The van der Waals surface area contributed by atoms with Crippen molar-refractivity contribution in [3.63, 3.8) is 0 Å².